The molecule has 9 heteroatoms. The summed E-state index contributed by atoms with van der Waals surface area (Å²) in [4.78, 5) is 31.1. The van der Waals surface area contributed by atoms with Gasteiger partial charge in [0.2, 0.25) is 6.79 Å². The number of fused-ring (bicyclic) bond motifs is 2. The molecule has 2 aromatic carbocycles. The van der Waals surface area contributed by atoms with E-state index in [0.29, 0.717) is 27.7 Å². The SMILES string of the molecule is CCOC(=O)c1c(NC(=O)c2nc3ccccc3s2)sc(Cc2ccc3c(c2)OCO3)c1C. The van der Waals surface area contributed by atoms with E-state index in [1.165, 1.54) is 22.7 Å². The number of thiophene rings is 1. The zero-order valence-corrected chi connectivity index (χ0v) is 19.6. The van der Waals surface area contributed by atoms with Gasteiger partial charge in [0.1, 0.15) is 5.00 Å². The number of nitrogens with zero attached hydrogens (tertiary/aromatic N) is 1. The second-order valence-electron chi connectivity index (χ2n) is 7.38. The van der Waals surface area contributed by atoms with E-state index in [0.717, 1.165) is 32.0 Å². The van der Waals surface area contributed by atoms with Gasteiger partial charge in [-0.15, -0.1) is 22.7 Å². The summed E-state index contributed by atoms with van der Waals surface area (Å²) in [7, 11) is 0. The lowest BCUT2D eigenvalue weighted by molar-refractivity contribution is 0.0527. The van der Waals surface area contributed by atoms with E-state index in [9.17, 15) is 9.59 Å². The maximum Gasteiger partial charge on any atom is 0.341 e. The molecule has 0 radical (unpaired) electrons. The minimum atomic E-state index is -0.456. The summed E-state index contributed by atoms with van der Waals surface area (Å²) in [5.74, 6) is 0.620. The summed E-state index contributed by atoms with van der Waals surface area (Å²) < 4.78 is 17.1. The Morgan fingerprint density at radius 3 is 2.76 bits per heavy atom. The Hall–Kier alpha value is -3.43. The van der Waals surface area contributed by atoms with Crippen molar-refractivity contribution in [3.63, 3.8) is 0 Å². The topological polar surface area (TPSA) is 86.8 Å². The average molecular weight is 481 g/mol. The number of carbonyl (C=O) groups excluding carboxylic acids is 2. The third kappa shape index (κ3) is 4.17. The third-order valence-electron chi connectivity index (χ3n) is 5.24. The zero-order valence-electron chi connectivity index (χ0n) is 18.0. The molecule has 3 heterocycles. The molecule has 5 rings (SSSR count). The summed E-state index contributed by atoms with van der Waals surface area (Å²) in [5, 5.41) is 3.70. The highest BCUT2D eigenvalue weighted by molar-refractivity contribution is 7.20. The van der Waals surface area contributed by atoms with E-state index in [2.05, 4.69) is 10.3 Å². The van der Waals surface area contributed by atoms with E-state index in [-0.39, 0.29) is 19.3 Å². The number of para-hydroxylation sites is 1. The molecule has 1 N–H and O–H groups in total. The van der Waals surface area contributed by atoms with Crippen molar-refractivity contribution >= 4 is 49.8 Å². The molecule has 7 nitrogen and oxygen atoms in total. The van der Waals surface area contributed by atoms with E-state index in [4.69, 9.17) is 14.2 Å². The highest BCUT2D eigenvalue weighted by Crippen LogP contribution is 2.38. The molecule has 0 unspecified atom stereocenters. The normalized spacial score (nSPS) is 12.2. The number of aromatic nitrogens is 1. The van der Waals surface area contributed by atoms with E-state index in [1.54, 1.807) is 6.92 Å². The van der Waals surface area contributed by atoms with Gasteiger partial charge in [-0.25, -0.2) is 9.78 Å². The molecule has 0 atom stereocenters. The largest absolute Gasteiger partial charge is 0.462 e. The van der Waals surface area contributed by atoms with Gasteiger partial charge in [-0.3, -0.25) is 4.79 Å². The summed E-state index contributed by atoms with van der Waals surface area (Å²) in [6, 6.07) is 13.4. The fraction of sp³-hybridized carbons (Fsp3) is 0.208. The van der Waals surface area contributed by atoms with Crippen LogP contribution in [0.1, 0.15) is 43.1 Å². The van der Waals surface area contributed by atoms with Crippen LogP contribution < -0.4 is 14.8 Å². The number of amides is 1. The predicted molar refractivity (Wildman–Crippen MR) is 128 cm³/mol. The third-order valence-corrected chi connectivity index (χ3v) is 7.48. The standard InChI is InChI=1S/C24H20N2O5S2/c1-3-29-24(28)20-13(2)19(11-14-8-9-16-17(10-14)31-12-30-16)33-22(20)26-21(27)23-25-15-6-4-5-7-18(15)32-23/h4-10H,3,11-12H2,1-2H3,(H,26,27). The Bertz CT molecular complexity index is 1340. The number of hydrogen-bond acceptors (Lipinski definition) is 8. The second-order valence-corrected chi connectivity index (χ2v) is 9.52. The van der Waals surface area contributed by atoms with Gasteiger partial charge >= 0.3 is 5.97 Å². The number of hydrogen-bond donors (Lipinski definition) is 1. The first-order valence-electron chi connectivity index (χ1n) is 10.4. The second kappa shape index (κ2) is 8.84. The first-order valence-corrected chi connectivity index (χ1v) is 12.0. The fourth-order valence-electron chi connectivity index (χ4n) is 3.63. The van der Waals surface area contributed by atoms with E-state index < -0.39 is 5.97 Å². The monoisotopic (exact) mass is 480 g/mol. The molecule has 1 amide bonds. The summed E-state index contributed by atoms with van der Waals surface area (Å²) in [6.07, 6.45) is 0.580. The van der Waals surface area contributed by atoms with Crippen LogP contribution in [0.4, 0.5) is 5.00 Å². The zero-order chi connectivity index (χ0) is 22.9. The van der Waals surface area contributed by atoms with Crippen molar-refractivity contribution < 1.29 is 23.8 Å². The molecule has 2 aromatic heterocycles. The van der Waals surface area contributed by atoms with Gasteiger partial charge in [-0.2, -0.15) is 0 Å². The van der Waals surface area contributed by atoms with Gasteiger partial charge in [-0.05, 0) is 49.2 Å². The molecule has 1 aliphatic heterocycles. The van der Waals surface area contributed by atoms with Crippen molar-refractivity contribution in [2.75, 3.05) is 18.7 Å². The minimum Gasteiger partial charge on any atom is -0.462 e. The lowest BCUT2D eigenvalue weighted by Gasteiger charge is -2.06. The maximum absolute atomic E-state index is 13.0. The maximum atomic E-state index is 13.0. The number of benzene rings is 2. The molecular formula is C24H20N2O5S2. The van der Waals surface area contributed by atoms with Crippen molar-refractivity contribution in [3.05, 3.63) is 69.0 Å². The number of rotatable bonds is 6. The predicted octanol–water partition coefficient (Wildman–Crippen LogP) is 5.41. The highest BCUT2D eigenvalue weighted by atomic mass is 32.1. The summed E-state index contributed by atoms with van der Waals surface area (Å²) >= 11 is 2.68. The lowest BCUT2D eigenvalue weighted by Crippen LogP contribution is -2.14. The molecule has 0 bridgehead atoms. The van der Waals surface area contributed by atoms with Gasteiger partial charge in [0, 0.05) is 11.3 Å². The van der Waals surface area contributed by atoms with Crippen molar-refractivity contribution in [1.29, 1.82) is 0 Å². The van der Waals surface area contributed by atoms with Crippen molar-refractivity contribution in [1.82, 2.24) is 4.98 Å². The number of thiazole rings is 1. The van der Waals surface area contributed by atoms with Crippen LogP contribution in [0.3, 0.4) is 0 Å². The van der Waals surface area contributed by atoms with Crippen LogP contribution >= 0.6 is 22.7 Å². The summed E-state index contributed by atoms with van der Waals surface area (Å²) in [5.41, 5.74) is 2.95. The van der Waals surface area contributed by atoms with E-state index >= 15 is 0 Å². The number of anilines is 1. The van der Waals surface area contributed by atoms with Crippen LogP contribution in [0.25, 0.3) is 10.2 Å². The minimum absolute atomic E-state index is 0.214. The Labute approximate surface area is 197 Å². The first kappa shape index (κ1) is 21.4. The molecule has 0 fully saturated rings. The van der Waals surface area contributed by atoms with Gasteiger partial charge in [0.05, 0.1) is 22.4 Å². The van der Waals surface area contributed by atoms with Crippen molar-refractivity contribution in [3.8, 4) is 11.5 Å². The van der Waals surface area contributed by atoms with Gasteiger partial charge in [0.15, 0.2) is 16.5 Å². The Morgan fingerprint density at radius 2 is 1.94 bits per heavy atom. The lowest BCUT2D eigenvalue weighted by atomic mass is 10.1. The molecule has 0 saturated heterocycles. The smallest absolute Gasteiger partial charge is 0.341 e. The Morgan fingerprint density at radius 1 is 1.12 bits per heavy atom. The average Bonchev–Trinajstić information content (AvgIpc) is 3.51. The van der Waals surface area contributed by atoms with Crippen LogP contribution in [0.5, 0.6) is 11.5 Å². The Kier molecular flexibility index (Phi) is 5.74. The number of carbonyl (C=O) groups is 2. The van der Waals surface area contributed by atoms with Crippen LogP contribution in [0, 0.1) is 6.92 Å². The van der Waals surface area contributed by atoms with E-state index in [1.807, 2.05) is 49.4 Å². The molecule has 4 aromatic rings. The fourth-order valence-corrected chi connectivity index (χ4v) is 5.71. The van der Waals surface area contributed by atoms with Crippen molar-refractivity contribution in [2.45, 2.75) is 20.3 Å². The van der Waals surface area contributed by atoms with Gasteiger partial charge < -0.3 is 19.5 Å². The quantitative estimate of drug-likeness (QED) is 0.371. The van der Waals surface area contributed by atoms with Crippen LogP contribution in [0.15, 0.2) is 42.5 Å². The van der Waals surface area contributed by atoms with Crippen LogP contribution in [0.2, 0.25) is 0 Å². The molecule has 0 saturated carbocycles. The molecule has 0 spiro atoms. The molecule has 168 valence electrons. The Balaban J connectivity index is 1.46. The first-order chi connectivity index (χ1) is 16.0. The van der Waals surface area contributed by atoms with Gasteiger partial charge in [0.25, 0.3) is 5.91 Å². The molecular weight excluding hydrogens is 460 g/mol. The van der Waals surface area contributed by atoms with Crippen molar-refractivity contribution in [2.24, 2.45) is 0 Å². The van der Waals surface area contributed by atoms with Crippen LogP contribution in [-0.2, 0) is 11.2 Å². The number of esters is 1. The van der Waals surface area contributed by atoms with Crippen LogP contribution in [-0.4, -0.2) is 30.3 Å². The summed E-state index contributed by atoms with van der Waals surface area (Å²) in [6.45, 7) is 4.09. The van der Waals surface area contributed by atoms with Gasteiger partial charge in [-0.1, -0.05) is 18.2 Å². The molecule has 1 aliphatic rings. The molecule has 0 aliphatic carbocycles. The molecule has 33 heavy (non-hydrogen) atoms. The number of ether oxygens (including phenoxy) is 3. The number of nitrogens with one attached hydrogen (secondary N) is 1. The highest BCUT2D eigenvalue weighted by Gasteiger charge is 2.25.